The van der Waals surface area contributed by atoms with E-state index in [1.54, 1.807) is 13.0 Å². The zero-order chi connectivity index (χ0) is 18.6. The fourth-order valence-corrected chi connectivity index (χ4v) is 2.81. The van der Waals surface area contributed by atoms with E-state index in [1.165, 1.54) is 19.1 Å². The van der Waals surface area contributed by atoms with Crippen molar-refractivity contribution in [2.24, 2.45) is 0 Å². The van der Waals surface area contributed by atoms with Gasteiger partial charge in [0.1, 0.15) is 6.10 Å². The number of hydrogen-bond donors (Lipinski definition) is 0. The molecular weight excluding hydrogens is 323 g/mol. The molecule has 0 bridgehead atoms. The molecule has 0 unspecified atom stereocenters. The molecule has 0 N–H and O–H groups in total. The molecule has 4 nitrogen and oxygen atoms in total. The lowest BCUT2D eigenvalue weighted by Gasteiger charge is -2.28. The van der Waals surface area contributed by atoms with Crippen molar-refractivity contribution in [3.63, 3.8) is 0 Å². The third-order valence-electron chi connectivity index (χ3n) is 4.27. The number of esters is 2. The highest BCUT2D eigenvalue weighted by molar-refractivity contribution is 5.88. The third-order valence-corrected chi connectivity index (χ3v) is 4.27. The molecule has 1 aliphatic carbocycles. The molecule has 1 aliphatic rings. The average molecular weight is 346 g/mol. The van der Waals surface area contributed by atoms with E-state index in [0.29, 0.717) is 5.57 Å². The van der Waals surface area contributed by atoms with Gasteiger partial charge in [-0.2, -0.15) is 0 Å². The van der Waals surface area contributed by atoms with Crippen molar-refractivity contribution in [3.8, 4) is 5.75 Å². The van der Waals surface area contributed by atoms with Gasteiger partial charge in [0.25, 0.3) is 0 Å². The van der Waals surface area contributed by atoms with Gasteiger partial charge in [0, 0.05) is 11.1 Å². The maximum Gasteiger partial charge on any atom is 0.338 e. The van der Waals surface area contributed by atoms with E-state index in [2.05, 4.69) is 13.2 Å². The fraction of sp³-hybridized carbons (Fsp3) is 0.400. The first-order valence-corrected chi connectivity index (χ1v) is 8.31. The van der Waals surface area contributed by atoms with Gasteiger partial charge in [0.15, 0.2) is 11.6 Å². The van der Waals surface area contributed by atoms with Gasteiger partial charge >= 0.3 is 11.9 Å². The van der Waals surface area contributed by atoms with E-state index in [9.17, 15) is 14.0 Å². The van der Waals surface area contributed by atoms with Gasteiger partial charge in [-0.15, -0.1) is 0 Å². The predicted octanol–water partition coefficient (Wildman–Crippen LogP) is 4.45. The van der Waals surface area contributed by atoms with Crippen LogP contribution >= 0.6 is 0 Å². The first-order valence-electron chi connectivity index (χ1n) is 8.31. The van der Waals surface area contributed by atoms with Gasteiger partial charge in [-0.1, -0.05) is 19.2 Å². The third kappa shape index (κ3) is 5.02. The van der Waals surface area contributed by atoms with E-state index in [0.717, 1.165) is 31.2 Å². The molecule has 0 spiro atoms. The van der Waals surface area contributed by atoms with Crippen molar-refractivity contribution in [2.45, 2.75) is 51.6 Å². The molecule has 0 saturated heterocycles. The number of carbonyl (C=O) groups excluding carboxylic acids is 2. The Morgan fingerprint density at radius 2 is 1.64 bits per heavy atom. The van der Waals surface area contributed by atoms with Crippen LogP contribution in [0.5, 0.6) is 5.75 Å². The van der Waals surface area contributed by atoms with Crippen LogP contribution in [0, 0.1) is 5.82 Å². The van der Waals surface area contributed by atoms with Crippen molar-refractivity contribution < 1.29 is 23.5 Å². The zero-order valence-corrected chi connectivity index (χ0v) is 14.6. The second-order valence-electron chi connectivity index (χ2n) is 6.52. The highest BCUT2D eigenvalue weighted by atomic mass is 19.1. The van der Waals surface area contributed by atoms with Crippen LogP contribution in [0.4, 0.5) is 4.39 Å². The van der Waals surface area contributed by atoms with Gasteiger partial charge in [0.05, 0.1) is 0 Å². The molecule has 0 heterocycles. The SMILES string of the molecule is C=C(C)C(=O)Oc1ccc(C2CCC(OC(=O)C(=C)C)CC2)cc1F. The van der Waals surface area contributed by atoms with Gasteiger partial charge in [0.2, 0.25) is 0 Å². The number of rotatable bonds is 5. The van der Waals surface area contributed by atoms with Gasteiger partial charge in [-0.05, 0) is 63.1 Å². The van der Waals surface area contributed by atoms with Gasteiger partial charge in [-0.25, -0.2) is 14.0 Å². The van der Waals surface area contributed by atoms with Gasteiger partial charge < -0.3 is 9.47 Å². The number of hydrogen-bond acceptors (Lipinski definition) is 4. The fourth-order valence-electron chi connectivity index (χ4n) is 2.81. The first kappa shape index (κ1) is 18.9. The number of halogens is 1. The second kappa shape index (κ2) is 8.10. The van der Waals surface area contributed by atoms with Crippen molar-refractivity contribution >= 4 is 11.9 Å². The summed E-state index contributed by atoms with van der Waals surface area (Å²) in [5, 5.41) is 0. The highest BCUT2D eigenvalue weighted by Crippen LogP contribution is 2.35. The van der Waals surface area contributed by atoms with Crippen LogP contribution in [-0.2, 0) is 14.3 Å². The lowest BCUT2D eigenvalue weighted by Crippen LogP contribution is -2.24. The van der Waals surface area contributed by atoms with Crippen LogP contribution in [-0.4, -0.2) is 18.0 Å². The summed E-state index contributed by atoms with van der Waals surface area (Å²) in [5.74, 6) is -1.48. The summed E-state index contributed by atoms with van der Waals surface area (Å²) in [5.41, 5.74) is 1.47. The summed E-state index contributed by atoms with van der Waals surface area (Å²) in [6.45, 7) is 10.2. The van der Waals surface area contributed by atoms with Crippen molar-refractivity contribution in [3.05, 3.63) is 53.9 Å². The van der Waals surface area contributed by atoms with Crippen LogP contribution in [0.1, 0.15) is 51.0 Å². The Bertz CT molecular complexity index is 700. The van der Waals surface area contributed by atoms with Crippen LogP contribution in [0.3, 0.4) is 0 Å². The molecule has 2 rings (SSSR count). The summed E-state index contributed by atoms with van der Waals surface area (Å²) >= 11 is 0. The van der Waals surface area contributed by atoms with E-state index in [1.807, 2.05) is 0 Å². The molecule has 1 fully saturated rings. The minimum Gasteiger partial charge on any atom is -0.459 e. The van der Waals surface area contributed by atoms with E-state index < -0.39 is 11.8 Å². The molecule has 134 valence electrons. The molecule has 5 heteroatoms. The van der Waals surface area contributed by atoms with Crippen molar-refractivity contribution in [1.29, 1.82) is 0 Å². The van der Waals surface area contributed by atoms with Crippen LogP contribution < -0.4 is 4.74 Å². The summed E-state index contributed by atoms with van der Waals surface area (Å²) in [6, 6.07) is 4.65. The van der Waals surface area contributed by atoms with E-state index in [-0.39, 0.29) is 29.3 Å². The first-order chi connectivity index (χ1) is 11.8. The number of ether oxygens (including phenoxy) is 2. The summed E-state index contributed by atoms with van der Waals surface area (Å²) in [6.07, 6.45) is 2.97. The molecule has 1 aromatic rings. The Morgan fingerprint density at radius 3 is 2.16 bits per heavy atom. The molecule has 0 aromatic heterocycles. The summed E-state index contributed by atoms with van der Waals surface area (Å²) in [4.78, 5) is 23.0. The van der Waals surface area contributed by atoms with Crippen LogP contribution in [0.2, 0.25) is 0 Å². The Morgan fingerprint density at radius 1 is 1.04 bits per heavy atom. The Kier molecular flexibility index (Phi) is 6.12. The molecule has 0 radical (unpaired) electrons. The quantitative estimate of drug-likeness (QED) is 0.449. The zero-order valence-electron chi connectivity index (χ0n) is 14.6. The maximum absolute atomic E-state index is 14.2. The minimum atomic E-state index is -0.647. The summed E-state index contributed by atoms with van der Waals surface area (Å²) < 4.78 is 24.5. The number of benzene rings is 1. The average Bonchev–Trinajstić information content (AvgIpc) is 2.57. The van der Waals surface area contributed by atoms with Gasteiger partial charge in [-0.3, -0.25) is 0 Å². The molecular formula is C20H23FO4. The number of carbonyl (C=O) groups is 2. The highest BCUT2D eigenvalue weighted by Gasteiger charge is 2.25. The molecule has 0 aliphatic heterocycles. The Labute approximate surface area is 147 Å². The monoisotopic (exact) mass is 346 g/mol. The predicted molar refractivity (Wildman–Crippen MR) is 92.8 cm³/mol. The van der Waals surface area contributed by atoms with E-state index in [4.69, 9.17) is 9.47 Å². The lowest BCUT2D eigenvalue weighted by atomic mass is 9.82. The van der Waals surface area contributed by atoms with E-state index >= 15 is 0 Å². The Balaban J connectivity index is 1.96. The van der Waals surface area contributed by atoms with Crippen molar-refractivity contribution in [1.82, 2.24) is 0 Å². The normalized spacial score (nSPS) is 19.8. The van der Waals surface area contributed by atoms with Crippen LogP contribution in [0.15, 0.2) is 42.5 Å². The molecule has 0 amide bonds. The van der Waals surface area contributed by atoms with Crippen molar-refractivity contribution in [2.75, 3.05) is 0 Å². The smallest absolute Gasteiger partial charge is 0.338 e. The standard InChI is InChI=1S/C20H23FO4/c1-12(2)19(22)24-16-8-5-14(6-9-16)15-7-10-18(17(21)11-15)25-20(23)13(3)4/h7,10-11,14,16H,1,3,5-6,8-9H2,2,4H3. The molecule has 0 atom stereocenters. The molecule has 1 saturated carbocycles. The maximum atomic E-state index is 14.2. The van der Waals surface area contributed by atoms with Crippen LogP contribution in [0.25, 0.3) is 0 Å². The lowest BCUT2D eigenvalue weighted by molar-refractivity contribution is -0.145. The largest absolute Gasteiger partial charge is 0.459 e. The minimum absolute atomic E-state index is 0.0965. The Hall–Kier alpha value is -2.43. The topological polar surface area (TPSA) is 52.6 Å². The molecule has 1 aromatic carbocycles. The molecule has 25 heavy (non-hydrogen) atoms. The second-order valence-corrected chi connectivity index (χ2v) is 6.52. The summed E-state index contributed by atoms with van der Waals surface area (Å²) in [7, 11) is 0.